The van der Waals surface area contributed by atoms with Gasteiger partial charge in [0.2, 0.25) is 21.8 Å². The van der Waals surface area contributed by atoms with Crippen LogP contribution in [0.4, 0.5) is 5.69 Å². The minimum Gasteiger partial charge on any atom is -0.497 e. The molecule has 0 bridgehead atoms. The summed E-state index contributed by atoms with van der Waals surface area (Å²) in [5, 5.41) is 3.51. The van der Waals surface area contributed by atoms with Gasteiger partial charge < -0.3 is 15.0 Å². The summed E-state index contributed by atoms with van der Waals surface area (Å²) in [6, 6.07) is 22.7. The maximum Gasteiger partial charge on any atom is 0.243 e. The maximum atomic E-state index is 13.9. The summed E-state index contributed by atoms with van der Waals surface area (Å²) in [6.45, 7) is 4.80. The fourth-order valence-corrected chi connectivity index (χ4v) is 5.65. The summed E-state index contributed by atoms with van der Waals surface area (Å²) in [7, 11) is -2.03. The minimum atomic E-state index is -3.60. The Bertz CT molecular complexity index is 1420. The molecule has 3 aromatic carbocycles. The number of carbonyl (C=O) groups is 2. The first kappa shape index (κ1) is 32.9. The van der Waals surface area contributed by atoms with Gasteiger partial charge in [-0.3, -0.25) is 13.9 Å². The van der Waals surface area contributed by atoms with Gasteiger partial charge in [0.05, 0.1) is 19.1 Å². The highest BCUT2D eigenvalue weighted by atomic mass is 35.5. The zero-order chi connectivity index (χ0) is 30.7. The number of halogens is 1. The molecule has 1 N–H and O–H groups in total. The lowest BCUT2D eigenvalue weighted by molar-refractivity contribution is -0.141. The van der Waals surface area contributed by atoms with Gasteiger partial charge in [-0.25, -0.2) is 8.42 Å². The third-order valence-corrected chi connectivity index (χ3v) is 8.16. The first-order valence-corrected chi connectivity index (χ1v) is 16.2. The second-order valence-electron chi connectivity index (χ2n) is 10.6. The first-order valence-electron chi connectivity index (χ1n) is 13.9. The Balaban J connectivity index is 1.89. The smallest absolute Gasteiger partial charge is 0.243 e. The predicted octanol–water partition coefficient (Wildman–Crippen LogP) is 5.31. The molecule has 0 saturated carbocycles. The highest BCUT2D eigenvalue weighted by molar-refractivity contribution is 7.92. The lowest BCUT2D eigenvalue weighted by Crippen LogP contribution is -2.51. The first-order chi connectivity index (χ1) is 20.0. The van der Waals surface area contributed by atoms with Crippen LogP contribution >= 0.6 is 11.6 Å². The van der Waals surface area contributed by atoms with E-state index in [-0.39, 0.29) is 43.7 Å². The van der Waals surface area contributed by atoms with Crippen LogP contribution < -0.4 is 14.4 Å². The molecule has 2 amide bonds. The molecule has 0 spiro atoms. The van der Waals surface area contributed by atoms with Gasteiger partial charge in [0.15, 0.2) is 0 Å². The molecule has 226 valence electrons. The number of nitrogens with one attached hydrogen (secondary N) is 1. The largest absolute Gasteiger partial charge is 0.497 e. The minimum absolute atomic E-state index is 0.0479. The number of carbonyl (C=O) groups excluding carboxylic acids is 2. The molecule has 0 aliphatic heterocycles. The van der Waals surface area contributed by atoms with Crippen molar-refractivity contribution in [2.45, 2.75) is 45.7 Å². The van der Waals surface area contributed by atoms with E-state index in [1.807, 2.05) is 68.4 Å². The van der Waals surface area contributed by atoms with Gasteiger partial charge in [0.25, 0.3) is 0 Å². The molecule has 0 fully saturated rings. The van der Waals surface area contributed by atoms with Gasteiger partial charge in [-0.2, -0.15) is 0 Å². The number of hydrogen-bond acceptors (Lipinski definition) is 5. The molecule has 1 atom stereocenters. The average Bonchev–Trinajstić information content (AvgIpc) is 2.96. The third-order valence-electron chi connectivity index (χ3n) is 6.71. The van der Waals surface area contributed by atoms with E-state index in [9.17, 15) is 18.0 Å². The molecule has 8 nitrogen and oxygen atoms in total. The molecule has 0 aromatic heterocycles. The summed E-state index contributed by atoms with van der Waals surface area (Å²) < 4.78 is 31.8. The third kappa shape index (κ3) is 10.1. The van der Waals surface area contributed by atoms with Crippen LogP contribution in [-0.2, 0) is 32.6 Å². The van der Waals surface area contributed by atoms with Crippen LogP contribution in [0, 0.1) is 5.92 Å². The zero-order valence-electron chi connectivity index (χ0n) is 24.6. The molecule has 0 heterocycles. The van der Waals surface area contributed by atoms with Crippen LogP contribution in [0.25, 0.3) is 0 Å². The van der Waals surface area contributed by atoms with Crippen molar-refractivity contribution in [3.63, 3.8) is 0 Å². The quantitative estimate of drug-likeness (QED) is 0.251. The summed E-state index contributed by atoms with van der Waals surface area (Å²) in [4.78, 5) is 29.1. The standard InChI is InChI=1S/C32H40ClN3O5S/c1-24(2)22-34-32(38)30(21-25-10-6-5-7-11-25)35(23-26-12-8-13-29(20-26)41-3)31(37)14-9-19-36(42(4,39)40)28-17-15-27(33)16-18-28/h5-8,10-13,15-18,20,24,30H,9,14,19,21-23H2,1-4H3,(H,34,38)/t30-/m0/s1. The maximum absolute atomic E-state index is 13.9. The second kappa shape index (κ2) is 15.6. The van der Waals surface area contributed by atoms with Gasteiger partial charge >= 0.3 is 0 Å². The summed E-state index contributed by atoms with van der Waals surface area (Å²) in [6.07, 6.45) is 1.77. The molecule has 0 aliphatic carbocycles. The van der Waals surface area contributed by atoms with Crippen molar-refractivity contribution in [3.8, 4) is 5.75 Å². The van der Waals surface area contributed by atoms with Crippen LogP contribution in [0.3, 0.4) is 0 Å². The molecule has 10 heteroatoms. The van der Waals surface area contributed by atoms with E-state index in [1.54, 1.807) is 36.3 Å². The van der Waals surface area contributed by atoms with Gasteiger partial charge in [0.1, 0.15) is 11.8 Å². The van der Waals surface area contributed by atoms with Crippen LogP contribution in [0.2, 0.25) is 5.02 Å². The van der Waals surface area contributed by atoms with Crippen molar-refractivity contribution in [2.24, 2.45) is 5.92 Å². The number of methoxy groups -OCH3 is 1. The lowest BCUT2D eigenvalue weighted by atomic mass is 10.0. The highest BCUT2D eigenvalue weighted by Crippen LogP contribution is 2.23. The van der Waals surface area contributed by atoms with Gasteiger partial charge in [-0.05, 0) is 59.9 Å². The van der Waals surface area contributed by atoms with Crippen LogP contribution in [0.5, 0.6) is 5.75 Å². The molecular weight excluding hydrogens is 574 g/mol. The number of anilines is 1. The van der Waals surface area contributed by atoms with Crippen molar-refractivity contribution in [1.29, 1.82) is 0 Å². The average molecular weight is 614 g/mol. The molecule has 3 aromatic rings. The Hall–Kier alpha value is -3.56. The number of nitrogens with zero attached hydrogens (tertiary/aromatic N) is 2. The highest BCUT2D eigenvalue weighted by Gasteiger charge is 2.30. The van der Waals surface area contributed by atoms with E-state index in [2.05, 4.69) is 5.32 Å². The van der Waals surface area contributed by atoms with Crippen molar-refractivity contribution in [1.82, 2.24) is 10.2 Å². The summed E-state index contributed by atoms with van der Waals surface area (Å²) in [5.41, 5.74) is 2.21. The molecular formula is C32H40ClN3O5S. The predicted molar refractivity (Wildman–Crippen MR) is 168 cm³/mol. The molecule has 0 saturated heterocycles. The fourth-order valence-electron chi connectivity index (χ4n) is 4.56. The number of benzene rings is 3. The Kier molecular flexibility index (Phi) is 12.2. The molecule has 42 heavy (non-hydrogen) atoms. The van der Waals surface area contributed by atoms with Gasteiger partial charge in [-0.1, -0.05) is 67.9 Å². The van der Waals surface area contributed by atoms with Crippen LogP contribution in [-0.4, -0.2) is 57.6 Å². The van der Waals surface area contributed by atoms with Gasteiger partial charge in [0, 0.05) is 37.5 Å². The SMILES string of the molecule is COc1cccc(CN(C(=O)CCCN(c2ccc(Cl)cc2)S(C)(=O)=O)[C@@H](Cc2ccccc2)C(=O)NCC(C)C)c1. The summed E-state index contributed by atoms with van der Waals surface area (Å²) in [5.74, 6) is 0.407. The number of rotatable bonds is 15. The normalized spacial score (nSPS) is 12.0. The lowest BCUT2D eigenvalue weighted by Gasteiger charge is -2.32. The van der Waals surface area contributed by atoms with E-state index in [4.69, 9.17) is 16.3 Å². The van der Waals surface area contributed by atoms with Crippen molar-refractivity contribution < 1.29 is 22.7 Å². The van der Waals surface area contributed by atoms with E-state index in [0.717, 1.165) is 17.4 Å². The molecule has 3 rings (SSSR count). The monoisotopic (exact) mass is 613 g/mol. The number of sulfonamides is 1. The van der Waals surface area contributed by atoms with E-state index in [0.29, 0.717) is 29.4 Å². The van der Waals surface area contributed by atoms with E-state index >= 15 is 0 Å². The van der Waals surface area contributed by atoms with E-state index < -0.39 is 16.1 Å². The topological polar surface area (TPSA) is 96.0 Å². The number of ether oxygens (including phenoxy) is 1. The van der Waals surface area contributed by atoms with Crippen molar-refractivity contribution in [3.05, 3.63) is 95.0 Å². The van der Waals surface area contributed by atoms with Crippen molar-refractivity contribution in [2.75, 3.05) is 30.8 Å². The van der Waals surface area contributed by atoms with Crippen LogP contribution in [0.1, 0.15) is 37.8 Å². The van der Waals surface area contributed by atoms with Crippen LogP contribution in [0.15, 0.2) is 78.9 Å². The second-order valence-corrected chi connectivity index (χ2v) is 13.0. The fraction of sp³-hybridized carbons (Fsp3) is 0.375. The van der Waals surface area contributed by atoms with E-state index in [1.165, 1.54) is 4.31 Å². The van der Waals surface area contributed by atoms with Crippen molar-refractivity contribution >= 4 is 39.1 Å². The Morgan fingerprint density at radius 2 is 1.62 bits per heavy atom. The van der Waals surface area contributed by atoms with Gasteiger partial charge in [-0.15, -0.1) is 0 Å². The molecule has 0 unspecified atom stereocenters. The number of hydrogen-bond donors (Lipinski definition) is 1. The Morgan fingerprint density at radius 1 is 0.952 bits per heavy atom. The molecule has 0 radical (unpaired) electrons. The summed E-state index contributed by atoms with van der Waals surface area (Å²) >= 11 is 5.99. The number of amides is 2. The molecule has 0 aliphatic rings. The Morgan fingerprint density at radius 3 is 2.24 bits per heavy atom. The Labute approximate surface area is 254 Å². The zero-order valence-corrected chi connectivity index (χ0v) is 26.2.